The lowest BCUT2D eigenvalue weighted by atomic mass is 9.98. The highest BCUT2D eigenvalue weighted by Crippen LogP contribution is 2.41. The molecule has 2 N–H and O–H groups in total. The van der Waals surface area contributed by atoms with Crippen LogP contribution in [0.5, 0.6) is 5.88 Å². The third kappa shape index (κ3) is 3.33. The van der Waals surface area contributed by atoms with E-state index in [1.807, 2.05) is 0 Å². The molecule has 5 rings (SSSR count). The van der Waals surface area contributed by atoms with Crippen LogP contribution in [-0.4, -0.2) is 48.9 Å². The van der Waals surface area contributed by atoms with Crippen LogP contribution in [0.4, 0.5) is 0 Å². The Bertz CT molecular complexity index is 1110. The Morgan fingerprint density at radius 1 is 1.17 bits per heavy atom. The fraction of sp³-hybridized carbons (Fsp3) is 0.333. The van der Waals surface area contributed by atoms with E-state index in [2.05, 4.69) is 46.2 Å². The molecule has 0 aliphatic carbocycles. The number of aromatic hydroxyl groups is 1. The Hall–Kier alpha value is -2.68. The van der Waals surface area contributed by atoms with Crippen molar-refractivity contribution in [3.05, 3.63) is 58.7 Å². The molecule has 0 saturated carbocycles. The number of furan rings is 1. The number of aliphatic hydroxyl groups is 1. The Labute approximate surface area is 171 Å². The first-order chi connectivity index (χ1) is 14.1. The first kappa shape index (κ1) is 18.4. The van der Waals surface area contributed by atoms with E-state index in [0.29, 0.717) is 16.5 Å². The fourth-order valence-electron chi connectivity index (χ4n) is 3.86. The lowest BCUT2D eigenvalue weighted by molar-refractivity contribution is 0.0689. The number of hydrogen-bond donors (Lipinski definition) is 2. The Morgan fingerprint density at radius 3 is 2.59 bits per heavy atom. The van der Waals surface area contributed by atoms with Crippen LogP contribution in [0.3, 0.4) is 0 Å². The topological polar surface area (TPSA) is 87.0 Å². The summed E-state index contributed by atoms with van der Waals surface area (Å²) in [5, 5.41) is 25.4. The van der Waals surface area contributed by atoms with Crippen LogP contribution in [0.2, 0.25) is 0 Å². The Balaban J connectivity index is 1.57. The van der Waals surface area contributed by atoms with Gasteiger partial charge in [-0.3, -0.25) is 4.90 Å². The van der Waals surface area contributed by atoms with Crippen molar-refractivity contribution in [3.8, 4) is 17.5 Å². The predicted molar refractivity (Wildman–Crippen MR) is 110 cm³/mol. The van der Waals surface area contributed by atoms with Crippen molar-refractivity contribution in [2.24, 2.45) is 0 Å². The maximum atomic E-state index is 11.0. The molecule has 8 heteroatoms. The highest BCUT2D eigenvalue weighted by Gasteiger charge is 2.32. The minimum Gasteiger partial charge on any atom is -0.492 e. The van der Waals surface area contributed by atoms with E-state index in [0.717, 1.165) is 36.4 Å². The molecule has 4 heterocycles. The summed E-state index contributed by atoms with van der Waals surface area (Å²) in [6, 6.07) is 11.9. The highest BCUT2D eigenvalue weighted by molar-refractivity contribution is 7.17. The molecule has 150 valence electrons. The number of hydrogen-bond acceptors (Lipinski definition) is 7. The molecular weight excluding hydrogens is 388 g/mol. The highest BCUT2D eigenvalue weighted by atomic mass is 32.1. The zero-order valence-electron chi connectivity index (χ0n) is 16.0. The molecule has 3 aromatic heterocycles. The molecule has 1 aromatic carbocycles. The van der Waals surface area contributed by atoms with Crippen molar-refractivity contribution in [3.63, 3.8) is 0 Å². The van der Waals surface area contributed by atoms with Crippen molar-refractivity contribution in [1.82, 2.24) is 19.5 Å². The fourth-order valence-corrected chi connectivity index (χ4v) is 4.98. The molecular formula is C21H22N4O3S. The van der Waals surface area contributed by atoms with Gasteiger partial charge in [0.1, 0.15) is 0 Å². The van der Waals surface area contributed by atoms with Crippen LogP contribution in [0.15, 0.2) is 47.1 Å². The van der Waals surface area contributed by atoms with E-state index in [9.17, 15) is 10.2 Å². The molecule has 1 aliphatic rings. The molecule has 0 amide bonds. The van der Waals surface area contributed by atoms with E-state index in [1.54, 1.807) is 18.4 Å². The van der Waals surface area contributed by atoms with Gasteiger partial charge in [-0.15, -0.1) is 5.10 Å². The van der Waals surface area contributed by atoms with Crippen molar-refractivity contribution in [1.29, 1.82) is 0 Å². The molecule has 1 fully saturated rings. The van der Waals surface area contributed by atoms with Gasteiger partial charge < -0.3 is 14.6 Å². The molecule has 7 nitrogen and oxygen atoms in total. The van der Waals surface area contributed by atoms with Gasteiger partial charge >= 0.3 is 0 Å². The van der Waals surface area contributed by atoms with E-state index in [-0.39, 0.29) is 18.0 Å². The molecule has 1 saturated heterocycles. The summed E-state index contributed by atoms with van der Waals surface area (Å²) in [5.41, 5.74) is 2.30. The number of benzene rings is 1. The second-order valence-electron chi connectivity index (χ2n) is 7.48. The standard InChI is InChI=1S/C21H22N4O3S/c1-13-4-6-14(7-5-13)17(24-10-8-15(26)9-11-24)18-20(27)25-21(29-18)22-19(23-25)16-3-2-12-28-16/h2-7,12,15,17,26-27H,8-11H2,1H3. The molecule has 1 unspecified atom stereocenters. The van der Waals surface area contributed by atoms with Gasteiger partial charge in [0.05, 0.1) is 23.3 Å². The van der Waals surface area contributed by atoms with Gasteiger partial charge in [-0.1, -0.05) is 41.2 Å². The quantitative estimate of drug-likeness (QED) is 0.534. The summed E-state index contributed by atoms with van der Waals surface area (Å²) >= 11 is 1.44. The van der Waals surface area contributed by atoms with Crippen molar-refractivity contribution >= 4 is 16.3 Å². The number of nitrogens with zero attached hydrogens (tertiary/aromatic N) is 4. The molecule has 29 heavy (non-hydrogen) atoms. The average molecular weight is 410 g/mol. The second-order valence-corrected chi connectivity index (χ2v) is 8.49. The molecule has 0 radical (unpaired) electrons. The maximum Gasteiger partial charge on any atom is 0.230 e. The summed E-state index contributed by atoms with van der Waals surface area (Å²) in [6.45, 7) is 3.60. The summed E-state index contributed by atoms with van der Waals surface area (Å²) in [6.07, 6.45) is 2.78. The zero-order valence-corrected chi connectivity index (χ0v) is 16.8. The van der Waals surface area contributed by atoms with Gasteiger partial charge in [0, 0.05) is 13.1 Å². The lowest BCUT2D eigenvalue weighted by Gasteiger charge is -2.36. The number of thiazole rings is 1. The number of rotatable bonds is 4. The largest absolute Gasteiger partial charge is 0.492 e. The van der Waals surface area contributed by atoms with Gasteiger partial charge in [-0.2, -0.15) is 9.50 Å². The second kappa shape index (κ2) is 7.29. The molecule has 1 aliphatic heterocycles. The van der Waals surface area contributed by atoms with E-state index in [4.69, 9.17) is 4.42 Å². The van der Waals surface area contributed by atoms with E-state index in [1.165, 1.54) is 21.4 Å². The first-order valence-corrected chi connectivity index (χ1v) is 10.5. The van der Waals surface area contributed by atoms with Crippen LogP contribution < -0.4 is 0 Å². The summed E-state index contributed by atoms with van der Waals surface area (Å²) < 4.78 is 6.86. The monoisotopic (exact) mass is 410 g/mol. The Morgan fingerprint density at radius 2 is 1.93 bits per heavy atom. The SMILES string of the molecule is Cc1ccc(C(c2sc3nc(-c4ccco4)nn3c2O)N2CCC(O)CC2)cc1. The van der Waals surface area contributed by atoms with Gasteiger partial charge in [0.15, 0.2) is 5.76 Å². The molecule has 0 bridgehead atoms. The zero-order chi connectivity index (χ0) is 20.0. The van der Waals surface area contributed by atoms with Gasteiger partial charge in [-0.25, -0.2) is 0 Å². The van der Waals surface area contributed by atoms with Crippen LogP contribution in [0.1, 0.15) is 34.9 Å². The molecule has 0 spiro atoms. The molecule has 4 aromatic rings. The summed E-state index contributed by atoms with van der Waals surface area (Å²) in [4.78, 5) is 8.29. The normalized spacial score (nSPS) is 17.2. The minimum absolute atomic E-state index is 0.104. The average Bonchev–Trinajstić information content (AvgIpc) is 3.44. The van der Waals surface area contributed by atoms with Gasteiger partial charge in [-0.05, 0) is 37.5 Å². The van der Waals surface area contributed by atoms with Gasteiger partial charge in [0.2, 0.25) is 16.7 Å². The van der Waals surface area contributed by atoms with Crippen LogP contribution in [0.25, 0.3) is 16.5 Å². The lowest BCUT2D eigenvalue weighted by Crippen LogP contribution is -2.38. The van der Waals surface area contributed by atoms with E-state index < -0.39 is 0 Å². The third-order valence-corrected chi connectivity index (χ3v) is 6.52. The number of aliphatic hydroxyl groups excluding tert-OH is 1. The van der Waals surface area contributed by atoms with Crippen LogP contribution in [-0.2, 0) is 0 Å². The number of piperidine rings is 1. The summed E-state index contributed by atoms with van der Waals surface area (Å²) in [7, 11) is 0. The number of likely N-dealkylation sites (tertiary alicyclic amines) is 1. The maximum absolute atomic E-state index is 11.0. The van der Waals surface area contributed by atoms with Crippen molar-refractivity contribution in [2.75, 3.05) is 13.1 Å². The summed E-state index contributed by atoms with van der Waals surface area (Å²) in [5.74, 6) is 1.13. The van der Waals surface area contributed by atoms with Crippen LogP contribution >= 0.6 is 11.3 Å². The van der Waals surface area contributed by atoms with Crippen molar-refractivity contribution < 1.29 is 14.6 Å². The predicted octanol–water partition coefficient (Wildman–Crippen LogP) is 3.61. The Kier molecular flexibility index (Phi) is 4.61. The van der Waals surface area contributed by atoms with Gasteiger partial charge in [0.25, 0.3) is 0 Å². The van der Waals surface area contributed by atoms with Crippen molar-refractivity contribution in [2.45, 2.75) is 31.9 Å². The number of aromatic nitrogens is 3. The molecule has 1 atom stereocenters. The van der Waals surface area contributed by atoms with E-state index >= 15 is 0 Å². The smallest absolute Gasteiger partial charge is 0.230 e. The number of aryl methyl sites for hydroxylation is 1. The minimum atomic E-state index is -0.253. The first-order valence-electron chi connectivity index (χ1n) is 9.71. The van der Waals surface area contributed by atoms with Crippen LogP contribution in [0, 0.1) is 6.92 Å². The third-order valence-electron chi connectivity index (χ3n) is 5.45. The number of fused-ring (bicyclic) bond motifs is 1.